The maximum Gasteiger partial charge on any atom is 0.325 e. The zero-order chi connectivity index (χ0) is 14.5. The molecule has 2 N–H and O–H groups in total. The second kappa shape index (κ2) is 6.21. The predicted octanol–water partition coefficient (Wildman–Crippen LogP) is 1.55. The molecule has 6 nitrogen and oxygen atoms in total. The monoisotopic (exact) mass is 293 g/mol. The maximum atomic E-state index is 12.0. The van der Waals surface area contributed by atoms with E-state index in [0.717, 1.165) is 10.2 Å². The van der Waals surface area contributed by atoms with Crippen LogP contribution < -0.4 is 5.32 Å². The average Bonchev–Trinajstić information content (AvgIpc) is 2.85. The zero-order valence-electron chi connectivity index (χ0n) is 10.4. The van der Waals surface area contributed by atoms with Crippen molar-refractivity contribution < 1.29 is 14.7 Å². The predicted molar refractivity (Wildman–Crippen MR) is 72.5 cm³/mol. The van der Waals surface area contributed by atoms with Gasteiger partial charge in [0.2, 0.25) is 0 Å². The van der Waals surface area contributed by atoms with E-state index in [9.17, 15) is 9.59 Å². The Balaban J connectivity index is 2.04. The standard InChI is InChI=1S/C13H12ClN3O3/c14-10-4-2-1-3-9(10)7-15-13(20)11-5-6-16-17(11)8-12(18)19/h1-6H,7-8H2,(H,15,20)(H,18,19). The number of carboxylic acid groups (broad SMARTS) is 1. The SMILES string of the molecule is O=C(O)Cn1nccc1C(=O)NCc1ccccc1Cl. The summed E-state index contributed by atoms with van der Waals surface area (Å²) in [5.41, 5.74) is 0.978. The lowest BCUT2D eigenvalue weighted by Crippen LogP contribution is -2.27. The van der Waals surface area contributed by atoms with Crippen molar-refractivity contribution in [3.63, 3.8) is 0 Å². The van der Waals surface area contributed by atoms with Crippen molar-refractivity contribution in [2.45, 2.75) is 13.1 Å². The molecule has 0 unspecified atom stereocenters. The summed E-state index contributed by atoms with van der Waals surface area (Å²) < 4.78 is 1.13. The van der Waals surface area contributed by atoms with Crippen molar-refractivity contribution in [3.05, 3.63) is 52.8 Å². The van der Waals surface area contributed by atoms with Crippen LogP contribution in [-0.2, 0) is 17.9 Å². The molecule has 1 amide bonds. The molecule has 0 saturated heterocycles. The molecule has 0 atom stereocenters. The van der Waals surface area contributed by atoms with E-state index in [1.54, 1.807) is 18.2 Å². The van der Waals surface area contributed by atoms with Crippen LogP contribution >= 0.6 is 11.6 Å². The minimum absolute atomic E-state index is 0.194. The second-order valence-corrected chi connectivity index (χ2v) is 4.45. The number of hydrogen-bond acceptors (Lipinski definition) is 3. The van der Waals surface area contributed by atoms with Crippen LogP contribution in [0, 0.1) is 0 Å². The lowest BCUT2D eigenvalue weighted by Gasteiger charge is -2.08. The number of carbonyl (C=O) groups excluding carboxylic acids is 1. The van der Waals surface area contributed by atoms with Crippen molar-refractivity contribution in [1.29, 1.82) is 0 Å². The summed E-state index contributed by atoms with van der Waals surface area (Å²) in [6.45, 7) is -0.0986. The van der Waals surface area contributed by atoms with Crippen LogP contribution in [-0.4, -0.2) is 26.8 Å². The molecular formula is C13H12ClN3O3. The summed E-state index contributed by atoms with van der Waals surface area (Å²) in [5.74, 6) is -1.46. The van der Waals surface area contributed by atoms with E-state index in [2.05, 4.69) is 10.4 Å². The molecule has 0 aliphatic heterocycles. The third kappa shape index (κ3) is 3.36. The lowest BCUT2D eigenvalue weighted by molar-refractivity contribution is -0.137. The largest absolute Gasteiger partial charge is 0.480 e. The zero-order valence-corrected chi connectivity index (χ0v) is 11.2. The number of nitrogens with one attached hydrogen (secondary N) is 1. The summed E-state index contributed by atoms with van der Waals surface area (Å²) in [6, 6.07) is 8.62. The number of nitrogens with zero attached hydrogens (tertiary/aromatic N) is 2. The number of benzene rings is 1. The first-order valence-corrected chi connectivity index (χ1v) is 6.21. The van der Waals surface area contributed by atoms with Gasteiger partial charge < -0.3 is 10.4 Å². The van der Waals surface area contributed by atoms with Gasteiger partial charge in [-0.05, 0) is 17.7 Å². The van der Waals surface area contributed by atoms with Gasteiger partial charge in [-0.3, -0.25) is 9.59 Å². The number of aliphatic carboxylic acids is 1. The number of carboxylic acids is 1. The van der Waals surface area contributed by atoms with E-state index in [1.165, 1.54) is 12.3 Å². The van der Waals surface area contributed by atoms with Crippen molar-refractivity contribution >= 4 is 23.5 Å². The molecule has 2 aromatic rings. The van der Waals surface area contributed by atoms with E-state index in [0.29, 0.717) is 5.02 Å². The lowest BCUT2D eigenvalue weighted by atomic mass is 10.2. The Morgan fingerprint density at radius 1 is 1.30 bits per heavy atom. The van der Waals surface area contributed by atoms with Gasteiger partial charge in [-0.2, -0.15) is 5.10 Å². The van der Waals surface area contributed by atoms with Crippen LogP contribution in [0.3, 0.4) is 0 Å². The molecule has 20 heavy (non-hydrogen) atoms. The maximum absolute atomic E-state index is 12.0. The molecule has 104 valence electrons. The van der Waals surface area contributed by atoms with Crippen molar-refractivity contribution in [1.82, 2.24) is 15.1 Å². The molecule has 0 aliphatic rings. The first-order chi connectivity index (χ1) is 9.58. The van der Waals surface area contributed by atoms with Gasteiger partial charge >= 0.3 is 5.97 Å². The van der Waals surface area contributed by atoms with Gasteiger partial charge in [0.15, 0.2) is 0 Å². The molecule has 0 bridgehead atoms. The van der Waals surface area contributed by atoms with Crippen LogP contribution in [0.4, 0.5) is 0 Å². The Hall–Kier alpha value is -2.34. The fraction of sp³-hybridized carbons (Fsp3) is 0.154. The molecule has 0 spiro atoms. The minimum Gasteiger partial charge on any atom is -0.480 e. The highest BCUT2D eigenvalue weighted by Crippen LogP contribution is 2.14. The fourth-order valence-corrected chi connectivity index (χ4v) is 1.89. The molecule has 0 fully saturated rings. The topological polar surface area (TPSA) is 84.2 Å². The van der Waals surface area contributed by atoms with Crippen LogP contribution in [0.15, 0.2) is 36.5 Å². The summed E-state index contributed by atoms with van der Waals surface area (Å²) in [7, 11) is 0. The third-order valence-electron chi connectivity index (χ3n) is 2.63. The van der Waals surface area contributed by atoms with Crippen LogP contribution in [0.25, 0.3) is 0 Å². The Kier molecular flexibility index (Phi) is 4.37. The van der Waals surface area contributed by atoms with Gasteiger partial charge in [0.25, 0.3) is 5.91 Å². The highest BCUT2D eigenvalue weighted by atomic mass is 35.5. The highest BCUT2D eigenvalue weighted by molar-refractivity contribution is 6.31. The summed E-state index contributed by atoms with van der Waals surface area (Å²) in [6.07, 6.45) is 1.38. The quantitative estimate of drug-likeness (QED) is 0.876. The summed E-state index contributed by atoms with van der Waals surface area (Å²) in [5, 5.41) is 15.8. The fourth-order valence-electron chi connectivity index (χ4n) is 1.69. The Bertz CT molecular complexity index is 639. The number of carbonyl (C=O) groups is 2. The third-order valence-corrected chi connectivity index (χ3v) is 3.00. The van der Waals surface area contributed by atoms with Crippen molar-refractivity contribution in [2.24, 2.45) is 0 Å². The number of amides is 1. The van der Waals surface area contributed by atoms with Gasteiger partial charge in [0.05, 0.1) is 0 Å². The van der Waals surface area contributed by atoms with E-state index in [1.807, 2.05) is 6.07 Å². The van der Waals surface area contributed by atoms with Crippen molar-refractivity contribution in [3.8, 4) is 0 Å². The molecule has 1 aromatic carbocycles. The molecule has 1 heterocycles. The van der Waals surface area contributed by atoms with Gasteiger partial charge in [0, 0.05) is 17.8 Å². The first-order valence-electron chi connectivity index (χ1n) is 5.83. The van der Waals surface area contributed by atoms with E-state index >= 15 is 0 Å². The molecule has 1 aromatic heterocycles. The molecule has 0 radical (unpaired) electrons. The van der Waals surface area contributed by atoms with Gasteiger partial charge in [-0.15, -0.1) is 0 Å². The number of rotatable bonds is 5. The van der Waals surface area contributed by atoms with Gasteiger partial charge in [-0.25, -0.2) is 4.68 Å². The minimum atomic E-state index is -1.06. The van der Waals surface area contributed by atoms with Crippen LogP contribution in [0.5, 0.6) is 0 Å². The Labute approximate surface area is 120 Å². The van der Waals surface area contributed by atoms with Crippen molar-refractivity contribution in [2.75, 3.05) is 0 Å². The first kappa shape index (κ1) is 14.1. The van der Waals surface area contributed by atoms with Gasteiger partial charge in [-0.1, -0.05) is 29.8 Å². The molecule has 7 heteroatoms. The number of hydrogen-bond donors (Lipinski definition) is 2. The molecule has 2 rings (SSSR count). The van der Waals surface area contributed by atoms with Crippen LogP contribution in [0.2, 0.25) is 5.02 Å². The number of aromatic nitrogens is 2. The second-order valence-electron chi connectivity index (χ2n) is 4.04. The normalized spacial score (nSPS) is 10.2. The molecule has 0 saturated carbocycles. The van der Waals surface area contributed by atoms with Gasteiger partial charge in [0.1, 0.15) is 12.2 Å². The number of halogens is 1. The Morgan fingerprint density at radius 2 is 2.05 bits per heavy atom. The van der Waals surface area contributed by atoms with E-state index < -0.39 is 11.9 Å². The molecular weight excluding hydrogens is 282 g/mol. The molecule has 0 aliphatic carbocycles. The smallest absolute Gasteiger partial charge is 0.325 e. The average molecular weight is 294 g/mol. The van der Waals surface area contributed by atoms with E-state index in [-0.39, 0.29) is 18.8 Å². The van der Waals surface area contributed by atoms with Crippen LogP contribution in [0.1, 0.15) is 16.1 Å². The highest BCUT2D eigenvalue weighted by Gasteiger charge is 2.13. The Morgan fingerprint density at radius 3 is 2.75 bits per heavy atom. The summed E-state index contributed by atoms with van der Waals surface area (Å²) in [4.78, 5) is 22.6. The van der Waals surface area contributed by atoms with E-state index in [4.69, 9.17) is 16.7 Å². The summed E-state index contributed by atoms with van der Waals surface area (Å²) >= 11 is 5.99.